The summed E-state index contributed by atoms with van der Waals surface area (Å²) in [7, 11) is 0. The first-order valence-electron chi connectivity index (χ1n) is 10.9. The Morgan fingerprint density at radius 3 is 2.47 bits per heavy atom. The van der Waals surface area contributed by atoms with E-state index < -0.39 is 35.8 Å². The summed E-state index contributed by atoms with van der Waals surface area (Å²) in [6, 6.07) is 0. The van der Waals surface area contributed by atoms with Crippen molar-refractivity contribution in [2.45, 2.75) is 64.0 Å². The van der Waals surface area contributed by atoms with Gasteiger partial charge in [-0.2, -0.15) is 0 Å². The van der Waals surface area contributed by atoms with Crippen molar-refractivity contribution in [2.75, 3.05) is 13.1 Å². The number of amides is 1. The zero-order chi connectivity index (χ0) is 26.7. The average molecular weight is 517 g/mol. The van der Waals surface area contributed by atoms with Crippen LogP contribution in [0.1, 0.15) is 39.2 Å². The third-order valence-corrected chi connectivity index (χ3v) is 5.21. The third-order valence-electron chi connectivity index (χ3n) is 5.21. The van der Waals surface area contributed by atoms with Crippen LogP contribution in [-0.2, 0) is 9.47 Å². The number of likely N-dealkylation sites (tertiary alicyclic amines) is 1. The summed E-state index contributed by atoms with van der Waals surface area (Å²) >= 11 is 0. The number of halogens is 5. The van der Waals surface area contributed by atoms with Gasteiger partial charge in [-0.3, -0.25) is 4.74 Å². The van der Waals surface area contributed by atoms with E-state index in [0.717, 1.165) is 13.3 Å². The molecule has 1 aromatic heterocycles. The average Bonchev–Trinajstić information content (AvgIpc) is 2.76. The molecule has 0 aromatic carbocycles. The summed E-state index contributed by atoms with van der Waals surface area (Å²) in [4.78, 5) is 21.4. The first-order valence-corrected chi connectivity index (χ1v) is 10.9. The van der Waals surface area contributed by atoms with Crippen LogP contribution < -0.4 is 9.47 Å². The monoisotopic (exact) mass is 517 g/mol. The van der Waals surface area contributed by atoms with Crippen molar-refractivity contribution >= 4 is 6.09 Å². The molecule has 2 aliphatic rings. The number of ether oxygens (including phenoxy) is 4. The van der Waals surface area contributed by atoms with Crippen LogP contribution in [0.25, 0.3) is 0 Å². The maximum atomic E-state index is 14.8. The normalized spacial score (nSPS) is 23.0. The number of aromatic nitrogens is 2. The number of rotatable bonds is 6. The molecule has 196 valence electrons. The molecule has 2 unspecified atom stereocenters. The van der Waals surface area contributed by atoms with E-state index >= 15 is 0 Å². The SMILES string of the molecule is C#Cc1c(OC2=CC(C)(F)C(OC(F)(F)F)C=C2F)ncnc1OC1CCN(C(=O)OC(C)C)CC1. The van der Waals surface area contributed by atoms with Crippen LogP contribution in [-0.4, -0.2) is 64.4 Å². The highest BCUT2D eigenvalue weighted by atomic mass is 19.4. The lowest BCUT2D eigenvalue weighted by Crippen LogP contribution is -2.42. The lowest BCUT2D eigenvalue weighted by atomic mass is 9.95. The van der Waals surface area contributed by atoms with E-state index in [9.17, 15) is 26.7 Å². The molecule has 0 N–H and O–H groups in total. The highest BCUT2D eigenvalue weighted by molar-refractivity contribution is 5.67. The molecular formula is C23H24F5N3O5. The number of carbonyl (C=O) groups excluding carboxylic acids is 1. The van der Waals surface area contributed by atoms with Crippen molar-refractivity contribution in [3.63, 3.8) is 0 Å². The van der Waals surface area contributed by atoms with Gasteiger partial charge in [-0.25, -0.2) is 23.5 Å². The van der Waals surface area contributed by atoms with Crippen molar-refractivity contribution < 1.29 is 45.7 Å². The molecule has 0 saturated carbocycles. The van der Waals surface area contributed by atoms with Gasteiger partial charge in [0.2, 0.25) is 11.8 Å². The fraction of sp³-hybridized carbons (Fsp3) is 0.522. The topological polar surface area (TPSA) is 83.0 Å². The highest BCUT2D eigenvalue weighted by Crippen LogP contribution is 2.37. The number of nitrogens with zero attached hydrogens (tertiary/aromatic N) is 3. The van der Waals surface area contributed by atoms with Gasteiger partial charge in [0.1, 0.15) is 24.1 Å². The quantitative estimate of drug-likeness (QED) is 0.403. The van der Waals surface area contributed by atoms with Crippen molar-refractivity contribution in [2.24, 2.45) is 0 Å². The Morgan fingerprint density at radius 1 is 1.25 bits per heavy atom. The number of piperidine rings is 1. The molecule has 36 heavy (non-hydrogen) atoms. The number of alkyl halides is 4. The predicted octanol–water partition coefficient (Wildman–Crippen LogP) is 4.61. The zero-order valence-corrected chi connectivity index (χ0v) is 19.6. The minimum atomic E-state index is -5.18. The second-order valence-corrected chi connectivity index (χ2v) is 8.50. The molecule has 0 radical (unpaired) electrons. The highest BCUT2D eigenvalue weighted by Gasteiger charge is 2.45. The van der Waals surface area contributed by atoms with E-state index in [2.05, 4.69) is 20.6 Å². The Bertz CT molecular complexity index is 1070. The van der Waals surface area contributed by atoms with Gasteiger partial charge in [-0.1, -0.05) is 5.92 Å². The van der Waals surface area contributed by atoms with E-state index in [4.69, 9.17) is 20.6 Å². The van der Waals surface area contributed by atoms with E-state index in [1.54, 1.807) is 18.7 Å². The first-order chi connectivity index (χ1) is 16.8. The second-order valence-electron chi connectivity index (χ2n) is 8.50. The molecule has 13 heteroatoms. The molecule has 2 atom stereocenters. The fourth-order valence-corrected chi connectivity index (χ4v) is 3.50. The van der Waals surface area contributed by atoms with Gasteiger partial charge < -0.3 is 19.1 Å². The summed E-state index contributed by atoms with van der Waals surface area (Å²) in [6.45, 7) is 5.01. The summed E-state index contributed by atoms with van der Waals surface area (Å²) in [5.41, 5.74) is -2.87. The molecule has 1 aliphatic carbocycles. The van der Waals surface area contributed by atoms with Crippen LogP contribution in [0, 0.1) is 12.3 Å². The van der Waals surface area contributed by atoms with Gasteiger partial charge in [0, 0.05) is 32.0 Å². The van der Waals surface area contributed by atoms with Crippen LogP contribution in [0.3, 0.4) is 0 Å². The Labute approximate surface area is 204 Å². The van der Waals surface area contributed by atoms with Crippen LogP contribution >= 0.6 is 0 Å². The molecular weight excluding hydrogens is 493 g/mol. The van der Waals surface area contributed by atoms with Crippen LogP contribution in [0.5, 0.6) is 11.8 Å². The lowest BCUT2D eigenvalue weighted by Gasteiger charge is -2.32. The number of hydrogen-bond acceptors (Lipinski definition) is 7. The number of allylic oxidation sites excluding steroid dienone is 1. The molecule has 1 amide bonds. The molecule has 0 bridgehead atoms. The number of terminal acetylenes is 1. The summed E-state index contributed by atoms with van der Waals surface area (Å²) in [5, 5.41) is 0. The Hall–Kier alpha value is -3.40. The van der Waals surface area contributed by atoms with Gasteiger partial charge in [0.15, 0.2) is 17.3 Å². The van der Waals surface area contributed by atoms with Crippen molar-refractivity contribution in [3.05, 3.63) is 35.6 Å². The molecule has 0 spiro atoms. The van der Waals surface area contributed by atoms with E-state index in [-0.39, 0.29) is 29.5 Å². The van der Waals surface area contributed by atoms with Crippen molar-refractivity contribution in [3.8, 4) is 24.1 Å². The van der Waals surface area contributed by atoms with Crippen LogP contribution in [0.4, 0.5) is 26.7 Å². The smallest absolute Gasteiger partial charge is 0.473 e. The maximum Gasteiger partial charge on any atom is 0.523 e. The van der Waals surface area contributed by atoms with Gasteiger partial charge in [-0.05, 0) is 26.8 Å². The Morgan fingerprint density at radius 2 is 1.89 bits per heavy atom. The molecule has 1 aromatic rings. The molecule has 1 saturated heterocycles. The van der Waals surface area contributed by atoms with Crippen molar-refractivity contribution in [1.29, 1.82) is 0 Å². The maximum absolute atomic E-state index is 14.8. The van der Waals surface area contributed by atoms with Gasteiger partial charge in [0.25, 0.3) is 0 Å². The minimum Gasteiger partial charge on any atom is -0.473 e. The third kappa shape index (κ3) is 6.84. The number of carbonyl (C=O) groups is 1. The molecule has 1 fully saturated rings. The molecule has 8 nitrogen and oxygen atoms in total. The summed E-state index contributed by atoms with van der Waals surface area (Å²) in [6.07, 6.45) is -0.207. The Kier molecular flexibility index (Phi) is 8.08. The summed E-state index contributed by atoms with van der Waals surface area (Å²) < 4.78 is 86.9. The fourth-order valence-electron chi connectivity index (χ4n) is 3.50. The Balaban J connectivity index is 1.72. The molecule has 2 heterocycles. The second kappa shape index (κ2) is 10.7. The largest absolute Gasteiger partial charge is 0.523 e. The van der Waals surface area contributed by atoms with E-state index in [0.29, 0.717) is 38.1 Å². The van der Waals surface area contributed by atoms with Crippen LogP contribution in [0.2, 0.25) is 0 Å². The molecule has 3 rings (SSSR count). The standard InChI is InChI=1S/C23H24F5N3O5/c1-5-15-19(34-14-6-8-31(9-7-14)21(32)33-13(2)3)29-12-30-20(15)35-17-11-22(4,25)18(10-16(17)24)36-23(26,27)28/h1,10-14,18H,6-9H2,2-4H3. The lowest BCUT2D eigenvalue weighted by molar-refractivity contribution is -0.345. The predicted molar refractivity (Wildman–Crippen MR) is 115 cm³/mol. The van der Waals surface area contributed by atoms with Gasteiger partial charge >= 0.3 is 12.5 Å². The van der Waals surface area contributed by atoms with E-state index in [1.807, 2.05) is 0 Å². The number of hydrogen-bond donors (Lipinski definition) is 0. The zero-order valence-electron chi connectivity index (χ0n) is 19.6. The summed E-state index contributed by atoms with van der Waals surface area (Å²) in [5.74, 6) is -0.188. The first kappa shape index (κ1) is 27.2. The van der Waals surface area contributed by atoms with Gasteiger partial charge in [0.05, 0.1) is 6.10 Å². The van der Waals surface area contributed by atoms with Crippen LogP contribution in [0.15, 0.2) is 30.1 Å². The van der Waals surface area contributed by atoms with Crippen molar-refractivity contribution in [1.82, 2.24) is 14.9 Å². The van der Waals surface area contributed by atoms with E-state index in [1.165, 1.54) is 0 Å². The van der Waals surface area contributed by atoms with Gasteiger partial charge in [-0.15, -0.1) is 19.6 Å². The molecule has 1 aliphatic heterocycles. The minimum absolute atomic E-state index is 0.0622.